The first-order chi connectivity index (χ1) is 27.8. The highest BCUT2D eigenvalue weighted by Crippen LogP contribution is 2.63. The summed E-state index contributed by atoms with van der Waals surface area (Å²) in [4.78, 5) is 15.2. The van der Waals surface area contributed by atoms with Crippen molar-refractivity contribution in [1.29, 1.82) is 0 Å². The summed E-state index contributed by atoms with van der Waals surface area (Å²) in [6.45, 7) is 0. The molecular formula is C52H33N3O. The number of ether oxygens (including phenoxy) is 1. The molecule has 0 bridgehead atoms. The lowest BCUT2D eigenvalue weighted by atomic mass is 9.65. The molecule has 11 rings (SSSR count). The second-order valence-corrected chi connectivity index (χ2v) is 14.3. The molecule has 2 heterocycles. The van der Waals surface area contributed by atoms with E-state index in [4.69, 9.17) is 19.7 Å². The number of fused-ring (bicyclic) bond motifs is 9. The van der Waals surface area contributed by atoms with Crippen LogP contribution in [0.1, 0.15) is 22.3 Å². The van der Waals surface area contributed by atoms with E-state index in [0.29, 0.717) is 17.5 Å². The Kier molecular flexibility index (Phi) is 7.36. The lowest BCUT2D eigenvalue weighted by Crippen LogP contribution is -2.32. The number of para-hydroxylation sites is 2. The average Bonchev–Trinajstić information content (AvgIpc) is 3.57. The minimum atomic E-state index is -0.515. The van der Waals surface area contributed by atoms with Gasteiger partial charge in [0.05, 0.1) is 5.41 Å². The number of hydrogen-bond donors (Lipinski definition) is 0. The summed E-state index contributed by atoms with van der Waals surface area (Å²) in [6, 6.07) is 70.1. The summed E-state index contributed by atoms with van der Waals surface area (Å²) in [5, 5.41) is 0. The van der Waals surface area contributed by atoms with Crippen LogP contribution >= 0.6 is 0 Å². The smallest absolute Gasteiger partial charge is 0.164 e. The topological polar surface area (TPSA) is 47.9 Å². The minimum absolute atomic E-state index is 0.515. The van der Waals surface area contributed by atoms with Crippen LogP contribution < -0.4 is 4.74 Å². The fraction of sp³-hybridized carbons (Fsp3) is 0.0192. The standard InChI is InChI=1S/C52H33N3O/c1-3-16-34(17-4-1)38-20-7-8-23-42(38)51-54-49(36-18-5-2-6-19-36)53-50(55-51)37-32-30-35(31-33-37)39-24-15-28-46-48(39)56-47-29-14-13-27-45(47)52(46)43-25-11-9-21-40(43)41-22-10-12-26-44(41)52/h1-33H. The molecule has 1 spiro atoms. The van der Waals surface area contributed by atoms with Gasteiger partial charge >= 0.3 is 0 Å². The molecular weight excluding hydrogens is 683 g/mol. The van der Waals surface area contributed by atoms with Crippen LogP contribution in [0.15, 0.2) is 200 Å². The first kappa shape index (κ1) is 32.0. The van der Waals surface area contributed by atoms with Crippen LogP contribution in [0.25, 0.3) is 67.5 Å². The van der Waals surface area contributed by atoms with Gasteiger partial charge in [0.2, 0.25) is 0 Å². The van der Waals surface area contributed by atoms with Crippen LogP contribution in [-0.4, -0.2) is 15.0 Å². The van der Waals surface area contributed by atoms with E-state index < -0.39 is 5.41 Å². The third kappa shape index (κ3) is 4.89. The van der Waals surface area contributed by atoms with E-state index in [-0.39, 0.29) is 0 Å². The first-order valence-corrected chi connectivity index (χ1v) is 18.9. The Labute approximate surface area is 325 Å². The van der Waals surface area contributed by atoms with Crippen molar-refractivity contribution in [3.63, 3.8) is 0 Å². The Hall–Kier alpha value is -7.43. The van der Waals surface area contributed by atoms with E-state index in [2.05, 4.69) is 158 Å². The summed E-state index contributed by atoms with van der Waals surface area (Å²) >= 11 is 0. The molecule has 0 saturated heterocycles. The van der Waals surface area contributed by atoms with Crippen LogP contribution in [-0.2, 0) is 5.41 Å². The molecule has 262 valence electrons. The van der Waals surface area contributed by atoms with E-state index >= 15 is 0 Å². The van der Waals surface area contributed by atoms with E-state index in [1.165, 1.54) is 22.3 Å². The molecule has 0 radical (unpaired) electrons. The van der Waals surface area contributed by atoms with Crippen LogP contribution in [0, 0.1) is 0 Å². The van der Waals surface area contributed by atoms with E-state index in [9.17, 15) is 0 Å². The Morgan fingerprint density at radius 2 is 0.714 bits per heavy atom. The Balaban J connectivity index is 1.06. The van der Waals surface area contributed by atoms with Crippen molar-refractivity contribution >= 4 is 0 Å². The zero-order valence-corrected chi connectivity index (χ0v) is 30.3. The van der Waals surface area contributed by atoms with Crippen molar-refractivity contribution in [1.82, 2.24) is 15.0 Å². The zero-order chi connectivity index (χ0) is 37.1. The van der Waals surface area contributed by atoms with Gasteiger partial charge < -0.3 is 4.74 Å². The lowest BCUT2D eigenvalue weighted by molar-refractivity contribution is 0.438. The molecule has 1 aromatic heterocycles. The van der Waals surface area contributed by atoms with Crippen molar-refractivity contribution in [2.75, 3.05) is 0 Å². The van der Waals surface area contributed by atoms with Gasteiger partial charge in [-0.25, -0.2) is 15.0 Å². The molecule has 9 aromatic rings. The van der Waals surface area contributed by atoms with Gasteiger partial charge in [0.1, 0.15) is 11.5 Å². The third-order valence-corrected chi connectivity index (χ3v) is 11.2. The predicted molar refractivity (Wildman–Crippen MR) is 224 cm³/mol. The highest BCUT2D eigenvalue weighted by molar-refractivity contribution is 5.90. The maximum absolute atomic E-state index is 6.94. The van der Waals surface area contributed by atoms with Gasteiger partial charge in [-0.05, 0) is 45.0 Å². The second-order valence-electron chi connectivity index (χ2n) is 14.3. The third-order valence-electron chi connectivity index (χ3n) is 11.2. The summed E-state index contributed by atoms with van der Waals surface area (Å²) in [5.74, 6) is 3.61. The van der Waals surface area contributed by atoms with Crippen molar-refractivity contribution in [2.24, 2.45) is 0 Å². The predicted octanol–water partition coefficient (Wildman–Crippen LogP) is 12.7. The summed E-state index contributed by atoms with van der Waals surface area (Å²) < 4.78 is 6.94. The molecule has 4 nitrogen and oxygen atoms in total. The van der Waals surface area contributed by atoms with Gasteiger partial charge in [-0.2, -0.15) is 0 Å². The molecule has 0 amide bonds. The lowest BCUT2D eigenvalue weighted by Gasteiger charge is -2.40. The molecule has 1 aliphatic carbocycles. The molecule has 2 aliphatic rings. The number of hydrogen-bond acceptors (Lipinski definition) is 4. The Morgan fingerprint density at radius 3 is 1.38 bits per heavy atom. The van der Waals surface area contributed by atoms with Crippen LogP contribution in [0.3, 0.4) is 0 Å². The van der Waals surface area contributed by atoms with Gasteiger partial charge in [-0.3, -0.25) is 0 Å². The number of benzene rings is 8. The monoisotopic (exact) mass is 715 g/mol. The SMILES string of the molecule is c1ccc(-c2nc(-c3ccc(-c4cccc5c4Oc4ccccc4C54c5ccccc5-c5ccccc54)cc3)nc(-c3ccccc3-c3ccccc3)n2)cc1. The second kappa shape index (κ2) is 12.9. The number of nitrogens with zero attached hydrogens (tertiary/aromatic N) is 3. The molecule has 56 heavy (non-hydrogen) atoms. The Morgan fingerprint density at radius 1 is 0.286 bits per heavy atom. The van der Waals surface area contributed by atoms with Crippen molar-refractivity contribution in [3.8, 4) is 79.0 Å². The average molecular weight is 716 g/mol. The molecule has 4 heteroatoms. The summed E-state index contributed by atoms with van der Waals surface area (Å²) in [5.41, 5.74) is 13.9. The van der Waals surface area contributed by atoms with Crippen molar-refractivity contribution in [2.45, 2.75) is 5.41 Å². The normalized spacial score (nSPS) is 12.9. The highest BCUT2D eigenvalue weighted by atomic mass is 16.5. The molecule has 8 aromatic carbocycles. The van der Waals surface area contributed by atoms with E-state index in [1.54, 1.807) is 0 Å². The maximum atomic E-state index is 6.94. The fourth-order valence-electron chi connectivity index (χ4n) is 8.79. The number of aromatic nitrogens is 3. The van der Waals surface area contributed by atoms with Crippen molar-refractivity contribution < 1.29 is 4.74 Å². The highest BCUT2D eigenvalue weighted by Gasteiger charge is 2.51. The molecule has 0 saturated carbocycles. The quantitative estimate of drug-likeness (QED) is 0.178. The number of rotatable bonds is 5. The van der Waals surface area contributed by atoms with Crippen LogP contribution in [0.5, 0.6) is 11.5 Å². The molecule has 0 fully saturated rings. The van der Waals surface area contributed by atoms with E-state index in [1.807, 2.05) is 42.5 Å². The minimum Gasteiger partial charge on any atom is -0.456 e. The van der Waals surface area contributed by atoms with Gasteiger partial charge in [-0.15, -0.1) is 0 Å². The van der Waals surface area contributed by atoms with Gasteiger partial charge in [0, 0.05) is 33.4 Å². The van der Waals surface area contributed by atoms with Gasteiger partial charge in [0.15, 0.2) is 17.5 Å². The largest absolute Gasteiger partial charge is 0.456 e. The fourth-order valence-corrected chi connectivity index (χ4v) is 8.79. The Bertz CT molecular complexity index is 2890. The van der Waals surface area contributed by atoms with E-state index in [0.717, 1.165) is 61.6 Å². The maximum Gasteiger partial charge on any atom is 0.164 e. The van der Waals surface area contributed by atoms with Crippen LogP contribution in [0.4, 0.5) is 0 Å². The first-order valence-electron chi connectivity index (χ1n) is 18.9. The zero-order valence-electron chi connectivity index (χ0n) is 30.3. The van der Waals surface area contributed by atoms with Gasteiger partial charge in [-0.1, -0.05) is 194 Å². The van der Waals surface area contributed by atoms with Gasteiger partial charge in [0.25, 0.3) is 0 Å². The molecule has 0 unspecified atom stereocenters. The molecule has 0 N–H and O–H groups in total. The van der Waals surface area contributed by atoms with Crippen LogP contribution in [0.2, 0.25) is 0 Å². The molecule has 1 aliphatic heterocycles. The summed E-state index contributed by atoms with van der Waals surface area (Å²) in [6.07, 6.45) is 0. The summed E-state index contributed by atoms with van der Waals surface area (Å²) in [7, 11) is 0. The van der Waals surface area contributed by atoms with Crippen molar-refractivity contribution in [3.05, 3.63) is 222 Å². The molecule has 0 atom stereocenters.